The average Bonchev–Trinajstić information content (AvgIpc) is 3.11. The average molecular weight is 404 g/mol. The van der Waals surface area contributed by atoms with Crippen molar-refractivity contribution < 1.29 is 23.1 Å². The second-order valence-corrected chi connectivity index (χ2v) is 6.82. The molecule has 0 unspecified atom stereocenters. The van der Waals surface area contributed by atoms with Gasteiger partial charge >= 0.3 is 6.18 Å². The van der Waals surface area contributed by atoms with Gasteiger partial charge in [0.05, 0.1) is 11.3 Å². The molecule has 3 rings (SSSR count). The summed E-state index contributed by atoms with van der Waals surface area (Å²) in [7, 11) is 0. The zero-order valence-electron chi connectivity index (χ0n) is 14.6. The highest BCUT2D eigenvalue weighted by molar-refractivity contribution is 7.14. The Kier molecular flexibility index (Phi) is 5.51. The Morgan fingerprint density at radius 3 is 2.57 bits per heavy atom. The summed E-state index contributed by atoms with van der Waals surface area (Å²) in [5.74, 6) is -1.33. The van der Waals surface area contributed by atoms with Crippen molar-refractivity contribution in [3.8, 4) is 17.0 Å². The molecule has 1 aromatic heterocycles. The largest absolute Gasteiger partial charge is 0.507 e. The Hall–Kier alpha value is -3.13. The van der Waals surface area contributed by atoms with E-state index in [4.69, 9.17) is 0 Å². The predicted molar refractivity (Wildman–Crippen MR) is 103 cm³/mol. The Morgan fingerprint density at radius 2 is 1.89 bits per heavy atom. The van der Waals surface area contributed by atoms with Gasteiger partial charge in [-0.2, -0.15) is 13.2 Å². The Morgan fingerprint density at radius 1 is 1.18 bits per heavy atom. The molecular formula is C20H15F3N2O2S. The third kappa shape index (κ3) is 4.58. The minimum absolute atomic E-state index is 0.155. The van der Waals surface area contributed by atoms with Crippen molar-refractivity contribution in [2.45, 2.75) is 13.1 Å². The first-order valence-corrected chi connectivity index (χ1v) is 9.03. The van der Waals surface area contributed by atoms with Gasteiger partial charge in [-0.1, -0.05) is 36.4 Å². The molecule has 2 aromatic carbocycles. The van der Waals surface area contributed by atoms with Gasteiger partial charge in [0.15, 0.2) is 5.13 Å². The summed E-state index contributed by atoms with van der Waals surface area (Å²) < 4.78 is 38.7. The number of nitrogens with zero attached hydrogens (tertiary/aromatic N) is 1. The second kappa shape index (κ2) is 7.85. The van der Waals surface area contributed by atoms with Crippen LogP contribution in [0.4, 0.5) is 18.3 Å². The van der Waals surface area contributed by atoms with E-state index in [1.807, 2.05) is 30.3 Å². The van der Waals surface area contributed by atoms with E-state index < -0.39 is 23.4 Å². The van der Waals surface area contributed by atoms with E-state index >= 15 is 0 Å². The van der Waals surface area contributed by atoms with Gasteiger partial charge in [-0.05, 0) is 30.7 Å². The van der Waals surface area contributed by atoms with Crippen LogP contribution in [0.3, 0.4) is 0 Å². The molecule has 4 nitrogen and oxygen atoms in total. The number of phenols is 1. The number of carbonyl (C=O) groups is 1. The van der Waals surface area contributed by atoms with Crippen molar-refractivity contribution in [2.75, 3.05) is 5.32 Å². The molecule has 144 valence electrons. The summed E-state index contributed by atoms with van der Waals surface area (Å²) in [6, 6.07) is 12.5. The molecular weight excluding hydrogens is 389 g/mol. The normalized spacial score (nSPS) is 12.1. The van der Waals surface area contributed by atoms with Crippen molar-refractivity contribution in [1.82, 2.24) is 4.98 Å². The number of aromatic nitrogens is 1. The van der Waals surface area contributed by atoms with Crippen LogP contribution in [0.1, 0.15) is 18.1 Å². The van der Waals surface area contributed by atoms with E-state index in [0.717, 1.165) is 23.4 Å². The number of carbonyl (C=O) groups excluding carboxylic acids is 1. The van der Waals surface area contributed by atoms with Crippen molar-refractivity contribution in [3.05, 3.63) is 70.6 Å². The van der Waals surface area contributed by atoms with Crippen LogP contribution in [0.5, 0.6) is 5.75 Å². The van der Waals surface area contributed by atoms with E-state index in [9.17, 15) is 23.1 Å². The molecule has 0 saturated carbocycles. The molecule has 1 heterocycles. The first kappa shape index (κ1) is 19.6. The number of amides is 1. The van der Waals surface area contributed by atoms with E-state index in [2.05, 4.69) is 10.3 Å². The monoisotopic (exact) mass is 404 g/mol. The Labute approximate surface area is 163 Å². The third-order valence-corrected chi connectivity index (χ3v) is 4.62. The van der Waals surface area contributed by atoms with Crippen molar-refractivity contribution in [1.29, 1.82) is 0 Å². The molecule has 0 bridgehead atoms. The molecule has 8 heteroatoms. The number of thiazole rings is 1. The fourth-order valence-electron chi connectivity index (χ4n) is 2.45. The molecule has 1 amide bonds. The topological polar surface area (TPSA) is 62.2 Å². The lowest BCUT2D eigenvalue weighted by Crippen LogP contribution is -2.12. The molecule has 0 aliphatic heterocycles. The van der Waals surface area contributed by atoms with Crippen LogP contribution in [0, 0.1) is 0 Å². The summed E-state index contributed by atoms with van der Waals surface area (Å²) >= 11 is 1.25. The standard InChI is InChI=1S/C20H15F3N2O2S/c1-12(9-13-7-8-17(26)15(10-13)20(21,22)23)18(27)25-19-24-16(11-28-19)14-5-3-2-4-6-14/h2-11,26H,1H3,(H,24,25,27)/b12-9+. The molecule has 0 atom stereocenters. The fourth-order valence-corrected chi connectivity index (χ4v) is 3.17. The quantitative estimate of drug-likeness (QED) is 0.559. The molecule has 28 heavy (non-hydrogen) atoms. The number of halogens is 3. The maximum Gasteiger partial charge on any atom is 0.419 e. The van der Waals surface area contributed by atoms with Crippen LogP contribution in [0.15, 0.2) is 59.5 Å². The van der Waals surface area contributed by atoms with E-state index in [1.165, 1.54) is 30.4 Å². The van der Waals surface area contributed by atoms with Crippen molar-refractivity contribution in [2.24, 2.45) is 0 Å². The summed E-state index contributed by atoms with van der Waals surface area (Å²) in [4.78, 5) is 16.7. The maximum atomic E-state index is 12.9. The molecule has 0 radical (unpaired) electrons. The number of aromatic hydroxyl groups is 1. The molecule has 3 aromatic rings. The summed E-state index contributed by atoms with van der Waals surface area (Å²) in [5.41, 5.74) is 0.838. The number of alkyl halides is 3. The number of hydrogen-bond donors (Lipinski definition) is 2. The van der Waals surface area contributed by atoms with Gasteiger partial charge in [-0.15, -0.1) is 11.3 Å². The van der Waals surface area contributed by atoms with Crippen LogP contribution >= 0.6 is 11.3 Å². The molecule has 0 aliphatic carbocycles. The zero-order chi connectivity index (χ0) is 20.3. The summed E-state index contributed by atoms with van der Waals surface area (Å²) in [5, 5.41) is 14.2. The van der Waals surface area contributed by atoms with Crippen LogP contribution in [-0.4, -0.2) is 16.0 Å². The van der Waals surface area contributed by atoms with Gasteiger partial charge in [0.1, 0.15) is 5.75 Å². The summed E-state index contributed by atoms with van der Waals surface area (Å²) in [6.45, 7) is 1.49. The molecule has 0 saturated heterocycles. The highest BCUT2D eigenvalue weighted by Crippen LogP contribution is 2.36. The number of anilines is 1. The minimum Gasteiger partial charge on any atom is -0.507 e. The zero-order valence-corrected chi connectivity index (χ0v) is 15.4. The van der Waals surface area contributed by atoms with Gasteiger partial charge in [-0.3, -0.25) is 10.1 Å². The molecule has 0 fully saturated rings. The van der Waals surface area contributed by atoms with E-state index in [1.54, 1.807) is 5.38 Å². The van der Waals surface area contributed by atoms with Crippen molar-refractivity contribution in [3.63, 3.8) is 0 Å². The number of nitrogens with one attached hydrogen (secondary N) is 1. The second-order valence-electron chi connectivity index (χ2n) is 5.96. The van der Waals surface area contributed by atoms with Gasteiger partial charge in [0, 0.05) is 16.5 Å². The predicted octanol–water partition coefficient (Wildman–Crippen LogP) is 5.58. The van der Waals surface area contributed by atoms with Crippen molar-refractivity contribution >= 4 is 28.5 Å². The van der Waals surface area contributed by atoms with Gasteiger partial charge in [0.25, 0.3) is 5.91 Å². The highest BCUT2D eigenvalue weighted by atomic mass is 32.1. The molecule has 0 aliphatic rings. The highest BCUT2D eigenvalue weighted by Gasteiger charge is 2.33. The smallest absolute Gasteiger partial charge is 0.419 e. The van der Waals surface area contributed by atoms with E-state index in [-0.39, 0.29) is 11.1 Å². The molecule has 2 N–H and O–H groups in total. The first-order valence-electron chi connectivity index (χ1n) is 8.15. The van der Waals surface area contributed by atoms with Crippen LogP contribution < -0.4 is 5.32 Å². The van der Waals surface area contributed by atoms with Gasteiger partial charge < -0.3 is 5.11 Å². The third-order valence-electron chi connectivity index (χ3n) is 3.86. The lowest BCUT2D eigenvalue weighted by Gasteiger charge is -2.10. The number of benzene rings is 2. The SMILES string of the molecule is C/C(=C\c1ccc(O)c(C(F)(F)F)c1)C(=O)Nc1nc(-c2ccccc2)cs1. The minimum atomic E-state index is -4.68. The Balaban J connectivity index is 1.76. The molecule has 0 spiro atoms. The fraction of sp³-hybridized carbons (Fsp3) is 0.100. The van der Waals surface area contributed by atoms with Crippen LogP contribution in [-0.2, 0) is 11.0 Å². The van der Waals surface area contributed by atoms with E-state index in [0.29, 0.717) is 5.13 Å². The summed E-state index contributed by atoms with van der Waals surface area (Å²) in [6.07, 6.45) is -3.37. The first-order chi connectivity index (χ1) is 13.2. The number of hydrogen-bond acceptors (Lipinski definition) is 4. The Bertz CT molecular complexity index is 1030. The maximum absolute atomic E-state index is 12.9. The van der Waals surface area contributed by atoms with Gasteiger partial charge in [-0.25, -0.2) is 4.98 Å². The lowest BCUT2D eigenvalue weighted by molar-refractivity contribution is -0.138. The van der Waals surface area contributed by atoms with Gasteiger partial charge in [0.2, 0.25) is 0 Å². The lowest BCUT2D eigenvalue weighted by atomic mass is 10.1. The number of phenolic OH excluding ortho intramolecular Hbond substituents is 1. The van der Waals surface area contributed by atoms with Crippen LogP contribution in [0.25, 0.3) is 17.3 Å². The van der Waals surface area contributed by atoms with Crippen LogP contribution in [0.2, 0.25) is 0 Å². The number of rotatable bonds is 4.